The van der Waals surface area contributed by atoms with Gasteiger partial charge in [-0.3, -0.25) is 9.79 Å². The first-order valence-electron chi connectivity index (χ1n) is 9.31. The predicted octanol–water partition coefficient (Wildman–Crippen LogP) is 2.54. The minimum Gasteiger partial charge on any atom is -0.495 e. The second kappa shape index (κ2) is 7.76. The lowest BCUT2D eigenvalue weighted by Crippen LogP contribution is -2.55. The third kappa shape index (κ3) is 3.78. The summed E-state index contributed by atoms with van der Waals surface area (Å²) < 4.78 is 73.3. The molecule has 8 nitrogen and oxygen atoms in total. The maximum absolute atomic E-state index is 15.3. The van der Waals surface area contributed by atoms with Gasteiger partial charge >= 0.3 is 0 Å². The maximum Gasteiger partial charge on any atom is 0.274 e. The van der Waals surface area contributed by atoms with E-state index in [0.29, 0.717) is 11.8 Å². The molecule has 32 heavy (non-hydrogen) atoms. The monoisotopic (exact) mass is 470 g/mol. The number of methoxy groups -OCH3 is 1. The van der Waals surface area contributed by atoms with Crippen LogP contribution in [0.2, 0.25) is 0 Å². The van der Waals surface area contributed by atoms with Crippen LogP contribution in [0.4, 0.5) is 18.9 Å². The third-order valence-electron chi connectivity index (χ3n) is 5.38. The fourth-order valence-corrected chi connectivity index (χ4v) is 4.93. The number of hydrogen-bond acceptors (Lipinski definition) is 7. The lowest BCUT2D eigenvalue weighted by atomic mass is 9.91. The standard InChI is InChI=1S/C20H21F3N4O4S/c1-19(2)18(24)27-20(3,9-32(19,29)30)14-15(22)11(21)7-13(16(14)23)26-17(28)12-6-5-10(31-4)8-25-12/h5-8H,9H2,1-4H3,(H2,24,27)(H,26,28). The van der Waals surface area contributed by atoms with Gasteiger partial charge < -0.3 is 15.8 Å². The zero-order valence-electron chi connectivity index (χ0n) is 17.7. The van der Waals surface area contributed by atoms with E-state index >= 15 is 4.39 Å². The van der Waals surface area contributed by atoms with Crippen LogP contribution in [0.15, 0.2) is 29.4 Å². The first-order chi connectivity index (χ1) is 14.7. The molecule has 1 unspecified atom stereocenters. The Balaban J connectivity index is 2.09. The van der Waals surface area contributed by atoms with Crippen LogP contribution in [0, 0.1) is 17.5 Å². The highest BCUT2D eigenvalue weighted by Gasteiger charge is 2.51. The number of nitrogens with zero attached hydrogens (tertiary/aromatic N) is 2. The molecule has 0 saturated carbocycles. The minimum atomic E-state index is -4.02. The van der Waals surface area contributed by atoms with Crippen LogP contribution in [0.25, 0.3) is 0 Å². The van der Waals surface area contributed by atoms with Crippen molar-refractivity contribution in [3.63, 3.8) is 0 Å². The van der Waals surface area contributed by atoms with Crippen LogP contribution < -0.4 is 15.8 Å². The third-order valence-corrected chi connectivity index (χ3v) is 8.09. The van der Waals surface area contributed by atoms with Gasteiger partial charge in [-0.05, 0) is 32.9 Å². The van der Waals surface area contributed by atoms with Crippen molar-refractivity contribution in [1.82, 2.24) is 4.98 Å². The van der Waals surface area contributed by atoms with Crippen LogP contribution in [0.3, 0.4) is 0 Å². The van der Waals surface area contributed by atoms with E-state index in [9.17, 15) is 22.0 Å². The lowest BCUT2D eigenvalue weighted by molar-refractivity contribution is 0.102. The largest absolute Gasteiger partial charge is 0.495 e. The van der Waals surface area contributed by atoms with Gasteiger partial charge in [0.2, 0.25) is 0 Å². The molecular formula is C20H21F3N4O4S. The van der Waals surface area contributed by atoms with Crippen molar-refractivity contribution in [2.24, 2.45) is 10.7 Å². The summed E-state index contributed by atoms with van der Waals surface area (Å²) in [5, 5.41) is 2.12. The smallest absolute Gasteiger partial charge is 0.274 e. The highest BCUT2D eigenvalue weighted by molar-refractivity contribution is 7.93. The molecule has 12 heteroatoms. The predicted molar refractivity (Wildman–Crippen MR) is 112 cm³/mol. The molecule has 0 bridgehead atoms. The van der Waals surface area contributed by atoms with Gasteiger partial charge in [0.15, 0.2) is 27.3 Å². The van der Waals surface area contributed by atoms with Gasteiger partial charge in [-0.1, -0.05) is 0 Å². The van der Waals surface area contributed by atoms with Crippen molar-refractivity contribution < 1.29 is 31.1 Å². The summed E-state index contributed by atoms with van der Waals surface area (Å²) in [6.07, 6.45) is 1.25. The summed E-state index contributed by atoms with van der Waals surface area (Å²) in [5.74, 6) is -6.24. The van der Waals surface area contributed by atoms with Crippen molar-refractivity contribution in [3.05, 3.63) is 53.1 Å². The van der Waals surface area contributed by atoms with E-state index in [-0.39, 0.29) is 11.5 Å². The molecule has 1 aromatic carbocycles. The number of amides is 1. The zero-order valence-corrected chi connectivity index (χ0v) is 18.5. The number of carbonyl (C=O) groups is 1. The molecule has 0 fully saturated rings. The molecule has 2 aromatic rings. The molecule has 0 saturated heterocycles. The number of hydrogen-bond donors (Lipinski definition) is 2. The van der Waals surface area contributed by atoms with Crippen molar-refractivity contribution in [1.29, 1.82) is 0 Å². The highest BCUT2D eigenvalue weighted by atomic mass is 32.2. The van der Waals surface area contributed by atoms with E-state index in [0.717, 1.165) is 6.92 Å². The Morgan fingerprint density at radius 3 is 2.38 bits per heavy atom. The molecule has 0 radical (unpaired) electrons. The number of amidine groups is 1. The van der Waals surface area contributed by atoms with Crippen LogP contribution in [-0.4, -0.2) is 42.8 Å². The van der Waals surface area contributed by atoms with Crippen LogP contribution >= 0.6 is 0 Å². The van der Waals surface area contributed by atoms with Crippen molar-refractivity contribution in [2.75, 3.05) is 18.2 Å². The summed E-state index contributed by atoms with van der Waals surface area (Å²) in [6, 6.07) is 3.17. The van der Waals surface area contributed by atoms with Gasteiger partial charge in [0.05, 0.1) is 30.3 Å². The van der Waals surface area contributed by atoms with E-state index < -0.39 is 60.5 Å². The topological polar surface area (TPSA) is 124 Å². The Morgan fingerprint density at radius 2 is 1.84 bits per heavy atom. The SMILES string of the molecule is COc1ccc(C(=O)Nc2cc(F)c(F)c(C3(C)CS(=O)(=O)C(C)(C)C(N)=N3)c2F)nc1. The Kier molecular flexibility index (Phi) is 5.71. The average molecular weight is 470 g/mol. The summed E-state index contributed by atoms with van der Waals surface area (Å²) in [7, 11) is -2.62. The zero-order chi connectivity index (χ0) is 24.1. The molecule has 1 amide bonds. The Bertz CT molecular complexity index is 1230. The molecule has 1 atom stereocenters. The summed E-state index contributed by atoms with van der Waals surface area (Å²) >= 11 is 0. The van der Waals surface area contributed by atoms with Gasteiger partial charge in [-0.25, -0.2) is 26.6 Å². The molecule has 3 N–H and O–H groups in total. The van der Waals surface area contributed by atoms with E-state index in [1.807, 2.05) is 0 Å². The van der Waals surface area contributed by atoms with Gasteiger partial charge in [0.1, 0.15) is 27.6 Å². The Hall–Kier alpha value is -3.15. The number of sulfone groups is 1. The van der Waals surface area contributed by atoms with Gasteiger partial charge in [-0.2, -0.15) is 0 Å². The molecule has 1 aromatic heterocycles. The lowest BCUT2D eigenvalue weighted by Gasteiger charge is -2.38. The second-order valence-electron chi connectivity index (χ2n) is 7.99. The number of pyridine rings is 1. The first-order valence-corrected chi connectivity index (χ1v) is 11.0. The van der Waals surface area contributed by atoms with Crippen molar-refractivity contribution in [2.45, 2.75) is 31.1 Å². The first kappa shape index (κ1) is 23.5. The second-order valence-corrected chi connectivity index (χ2v) is 10.5. The number of rotatable bonds is 4. The molecule has 1 aliphatic heterocycles. The van der Waals surface area contributed by atoms with E-state index in [1.54, 1.807) is 0 Å². The summed E-state index contributed by atoms with van der Waals surface area (Å²) in [6.45, 7) is 3.75. The number of ether oxygens (including phenoxy) is 1. The molecule has 2 heterocycles. The van der Waals surface area contributed by atoms with E-state index in [4.69, 9.17) is 10.5 Å². The number of aromatic nitrogens is 1. The normalized spacial score (nSPS) is 21.5. The van der Waals surface area contributed by atoms with Gasteiger partial charge in [0, 0.05) is 6.07 Å². The van der Waals surface area contributed by atoms with E-state index in [1.165, 1.54) is 39.3 Å². The quantitative estimate of drug-likeness (QED) is 0.662. The summed E-state index contributed by atoms with van der Waals surface area (Å²) in [5.41, 5.74) is 1.92. The van der Waals surface area contributed by atoms with E-state index in [2.05, 4.69) is 15.3 Å². The molecular weight excluding hydrogens is 449 g/mol. The highest BCUT2D eigenvalue weighted by Crippen LogP contribution is 2.41. The molecule has 3 rings (SSSR count). The fraction of sp³-hybridized carbons (Fsp3) is 0.350. The minimum absolute atomic E-state index is 0.146. The summed E-state index contributed by atoms with van der Waals surface area (Å²) in [4.78, 5) is 20.3. The number of halogens is 3. The number of nitrogens with one attached hydrogen (secondary N) is 1. The van der Waals surface area contributed by atoms with Crippen molar-refractivity contribution >= 4 is 27.3 Å². The fourth-order valence-electron chi connectivity index (χ4n) is 3.26. The Morgan fingerprint density at radius 1 is 1.19 bits per heavy atom. The number of aliphatic imine (C=N–C) groups is 1. The number of carbonyl (C=O) groups excluding carboxylic acids is 1. The average Bonchev–Trinajstić information content (AvgIpc) is 2.70. The van der Waals surface area contributed by atoms with Crippen LogP contribution in [0.1, 0.15) is 36.8 Å². The van der Waals surface area contributed by atoms with Crippen molar-refractivity contribution in [3.8, 4) is 5.75 Å². The maximum atomic E-state index is 15.3. The van der Waals surface area contributed by atoms with Gasteiger partial charge in [-0.15, -0.1) is 0 Å². The molecule has 172 valence electrons. The van der Waals surface area contributed by atoms with Crippen LogP contribution in [-0.2, 0) is 15.4 Å². The Labute approximate surface area is 182 Å². The molecule has 1 aliphatic rings. The molecule has 0 spiro atoms. The molecule has 0 aliphatic carbocycles. The van der Waals surface area contributed by atoms with Gasteiger partial charge in [0.25, 0.3) is 5.91 Å². The number of nitrogens with two attached hydrogens (primary N) is 1. The van der Waals surface area contributed by atoms with Crippen LogP contribution in [0.5, 0.6) is 5.75 Å². The number of anilines is 1. The number of benzene rings is 1.